The summed E-state index contributed by atoms with van der Waals surface area (Å²) in [6, 6.07) is 8.41. The normalized spacial score (nSPS) is 10.1. The molecule has 0 bridgehead atoms. The number of nitrogens with zero attached hydrogens (tertiary/aromatic N) is 2. The van der Waals surface area contributed by atoms with Crippen LogP contribution in [0.3, 0.4) is 0 Å². The van der Waals surface area contributed by atoms with Gasteiger partial charge >= 0.3 is 5.69 Å². The predicted molar refractivity (Wildman–Crippen MR) is 70.5 cm³/mol. The van der Waals surface area contributed by atoms with Gasteiger partial charge in [-0.25, -0.2) is 4.39 Å². The molecule has 7 nitrogen and oxygen atoms in total. The van der Waals surface area contributed by atoms with E-state index in [1.807, 2.05) is 0 Å². The van der Waals surface area contributed by atoms with Crippen LogP contribution in [0.2, 0.25) is 0 Å². The minimum absolute atomic E-state index is 0.0672. The number of nitro groups is 2. The van der Waals surface area contributed by atoms with Crippen LogP contribution in [0.25, 0.3) is 0 Å². The molecule has 0 unspecified atom stereocenters. The summed E-state index contributed by atoms with van der Waals surface area (Å²) in [5.41, 5.74) is 0.146. The second-order valence-corrected chi connectivity index (χ2v) is 4.08. The molecule has 2 rings (SSSR count). The number of nitro benzene ring substituents is 2. The van der Waals surface area contributed by atoms with Gasteiger partial charge < -0.3 is 4.74 Å². The molecule has 0 aliphatic rings. The van der Waals surface area contributed by atoms with E-state index in [4.69, 9.17) is 4.74 Å². The molecule has 0 fully saturated rings. The molecule has 108 valence electrons. The molecule has 2 aromatic carbocycles. The SMILES string of the molecule is O=[N+]([O-])c1ccc(COc2cc(F)ccc2[N+](=O)[O-])cc1. The van der Waals surface area contributed by atoms with Gasteiger partial charge in [0.2, 0.25) is 0 Å². The first-order valence-corrected chi connectivity index (χ1v) is 5.77. The van der Waals surface area contributed by atoms with Gasteiger partial charge in [-0.2, -0.15) is 0 Å². The van der Waals surface area contributed by atoms with Crippen LogP contribution >= 0.6 is 0 Å². The first-order chi connectivity index (χ1) is 9.97. The zero-order valence-electron chi connectivity index (χ0n) is 10.6. The van der Waals surface area contributed by atoms with Gasteiger partial charge in [-0.1, -0.05) is 0 Å². The van der Waals surface area contributed by atoms with Crippen LogP contribution in [-0.4, -0.2) is 9.85 Å². The Kier molecular flexibility index (Phi) is 4.07. The van der Waals surface area contributed by atoms with Crippen molar-refractivity contribution in [3.63, 3.8) is 0 Å². The third kappa shape index (κ3) is 3.50. The monoisotopic (exact) mass is 292 g/mol. The lowest BCUT2D eigenvalue weighted by atomic mass is 10.2. The molecule has 0 amide bonds. The Morgan fingerprint density at radius 3 is 2.24 bits per heavy atom. The fourth-order valence-electron chi connectivity index (χ4n) is 1.63. The Hall–Kier alpha value is -3.03. The first kappa shape index (κ1) is 14.4. The molecule has 0 N–H and O–H groups in total. The van der Waals surface area contributed by atoms with Crippen molar-refractivity contribution >= 4 is 11.4 Å². The summed E-state index contributed by atoms with van der Waals surface area (Å²) in [5.74, 6) is -0.849. The summed E-state index contributed by atoms with van der Waals surface area (Å²) in [6.45, 7) is -0.0672. The van der Waals surface area contributed by atoms with Crippen molar-refractivity contribution < 1.29 is 19.0 Å². The summed E-state index contributed by atoms with van der Waals surface area (Å²) >= 11 is 0. The maximum absolute atomic E-state index is 13.1. The number of benzene rings is 2. The lowest BCUT2D eigenvalue weighted by molar-refractivity contribution is -0.386. The van der Waals surface area contributed by atoms with Crippen molar-refractivity contribution in [2.24, 2.45) is 0 Å². The van der Waals surface area contributed by atoms with E-state index in [0.29, 0.717) is 5.56 Å². The highest BCUT2D eigenvalue weighted by Crippen LogP contribution is 2.28. The van der Waals surface area contributed by atoms with E-state index in [9.17, 15) is 24.6 Å². The maximum atomic E-state index is 13.1. The van der Waals surface area contributed by atoms with Gasteiger partial charge in [-0.3, -0.25) is 20.2 Å². The van der Waals surface area contributed by atoms with Gasteiger partial charge in [-0.15, -0.1) is 0 Å². The van der Waals surface area contributed by atoms with E-state index in [2.05, 4.69) is 0 Å². The molecule has 0 saturated carbocycles. The number of hydrogen-bond donors (Lipinski definition) is 0. The summed E-state index contributed by atoms with van der Waals surface area (Å²) in [5, 5.41) is 21.3. The second kappa shape index (κ2) is 5.95. The zero-order chi connectivity index (χ0) is 15.4. The van der Waals surface area contributed by atoms with E-state index in [-0.39, 0.29) is 23.7 Å². The summed E-state index contributed by atoms with van der Waals surface area (Å²) in [6.07, 6.45) is 0. The molecule has 8 heteroatoms. The summed E-state index contributed by atoms with van der Waals surface area (Å²) in [4.78, 5) is 20.1. The van der Waals surface area contributed by atoms with Gasteiger partial charge in [0.05, 0.1) is 9.85 Å². The van der Waals surface area contributed by atoms with Gasteiger partial charge in [0.25, 0.3) is 5.69 Å². The Morgan fingerprint density at radius 2 is 1.67 bits per heavy atom. The van der Waals surface area contributed by atoms with Crippen LogP contribution in [0.15, 0.2) is 42.5 Å². The Labute approximate surface area is 117 Å². The fraction of sp³-hybridized carbons (Fsp3) is 0.0769. The van der Waals surface area contributed by atoms with Crippen LogP contribution in [0.4, 0.5) is 15.8 Å². The van der Waals surface area contributed by atoms with Crippen molar-refractivity contribution in [1.29, 1.82) is 0 Å². The van der Waals surface area contributed by atoms with Gasteiger partial charge in [0.15, 0.2) is 5.75 Å². The van der Waals surface area contributed by atoms with Gasteiger partial charge in [0, 0.05) is 24.3 Å². The Bertz CT molecular complexity index is 687. The number of hydrogen-bond acceptors (Lipinski definition) is 5. The van der Waals surface area contributed by atoms with Crippen molar-refractivity contribution in [3.05, 3.63) is 74.1 Å². The standard InChI is InChI=1S/C13H9FN2O5/c14-10-3-6-12(16(19)20)13(7-10)21-8-9-1-4-11(5-2-9)15(17)18/h1-7H,8H2. The molecule has 0 heterocycles. The van der Waals surface area contributed by atoms with Crippen LogP contribution in [-0.2, 0) is 6.61 Å². The van der Waals surface area contributed by atoms with Crippen LogP contribution in [0.1, 0.15) is 5.56 Å². The molecular formula is C13H9FN2O5. The zero-order valence-corrected chi connectivity index (χ0v) is 10.6. The molecule has 21 heavy (non-hydrogen) atoms. The molecule has 2 aromatic rings. The van der Waals surface area contributed by atoms with Crippen molar-refractivity contribution in [1.82, 2.24) is 0 Å². The van der Waals surface area contributed by atoms with E-state index >= 15 is 0 Å². The first-order valence-electron chi connectivity index (χ1n) is 5.77. The molecule has 0 atom stereocenters. The lowest BCUT2D eigenvalue weighted by Crippen LogP contribution is -2.00. The number of ether oxygens (including phenoxy) is 1. The highest BCUT2D eigenvalue weighted by atomic mass is 19.1. The Balaban J connectivity index is 2.14. The Morgan fingerprint density at radius 1 is 1.00 bits per heavy atom. The number of halogens is 1. The molecule has 0 spiro atoms. The van der Waals surface area contributed by atoms with Crippen LogP contribution in [0.5, 0.6) is 5.75 Å². The molecular weight excluding hydrogens is 283 g/mol. The van der Waals surface area contributed by atoms with E-state index in [1.165, 1.54) is 24.3 Å². The molecule has 0 aromatic heterocycles. The predicted octanol–water partition coefficient (Wildman–Crippen LogP) is 3.22. The highest BCUT2D eigenvalue weighted by molar-refractivity contribution is 5.46. The summed E-state index contributed by atoms with van der Waals surface area (Å²) < 4.78 is 18.3. The minimum Gasteiger partial charge on any atom is -0.482 e. The molecule has 0 saturated heterocycles. The van der Waals surface area contributed by atoms with Gasteiger partial charge in [-0.05, 0) is 23.8 Å². The number of rotatable bonds is 5. The third-order valence-corrected chi connectivity index (χ3v) is 2.66. The van der Waals surface area contributed by atoms with Crippen molar-refractivity contribution in [3.8, 4) is 5.75 Å². The van der Waals surface area contributed by atoms with Crippen molar-refractivity contribution in [2.75, 3.05) is 0 Å². The van der Waals surface area contributed by atoms with E-state index < -0.39 is 15.7 Å². The average Bonchev–Trinajstić information content (AvgIpc) is 2.45. The average molecular weight is 292 g/mol. The van der Waals surface area contributed by atoms with E-state index in [1.54, 1.807) is 0 Å². The molecule has 0 aliphatic heterocycles. The van der Waals surface area contributed by atoms with Crippen LogP contribution in [0, 0.1) is 26.0 Å². The fourth-order valence-corrected chi connectivity index (χ4v) is 1.63. The van der Waals surface area contributed by atoms with Crippen LogP contribution < -0.4 is 4.74 Å². The highest BCUT2D eigenvalue weighted by Gasteiger charge is 2.16. The smallest absolute Gasteiger partial charge is 0.311 e. The van der Waals surface area contributed by atoms with Crippen molar-refractivity contribution in [2.45, 2.75) is 6.61 Å². The topological polar surface area (TPSA) is 95.5 Å². The number of non-ortho nitro benzene ring substituents is 1. The quantitative estimate of drug-likeness (QED) is 0.622. The second-order valence-electron chi connectivity index (χ2n) is 4.08. The maximum Gasteiger partial charge on any atom is 0.311 e. The largest absolute Gasteiger partial charge is 0.482 e. The summed E-state index contributed by atoms with van der Waals surface area (Å²) in [7, 11) is 0. The molecule has 0 radical (unpaired) electrons. The lowest BCUT2D eigenvalue weighted by Gasteiger charge is -2.06. The van der Waals surface area contributed by atoms with E-state index in [0.717, 1.165) is 18.2 Å². The minimum atomic E-state index is -0.676. The third-order valence-electron chi connectivity index (χ3n) is 2.66. The molecule has 0 aliphatic carbocycles. The van der Waals surface area contributed by atoms with Gasteiger partial charge in [0.1, 0.15) is 12.4 Å².